The van der Waals surface area contributed by atoms with Crippen molar-refractivity contribution < 1.29 is 0 Å². The molecule has 0 saturated heterocycles. The molecule has 2 N–H and O–H groups in total. The van der Waals surface area contributed by atoms with Crippen LogP contribution in [0, 0.1) is 0 Å². The summed E-state index contributed by atoms with van der Waals surface area (Å²) in [6, 6.07) is 0.306. The van der Waals surface area contributed by atoms with Gasteiger partial charge in [0.2, 0.25) is 0 Å². The zero-order valence-electron chi connectivity index (χ0n) is 6.78. The molecule has 1 atom stereocenters. The van der Waals surface area contributed by atoms with Gasteiger partial charge in [-0.3, -0.25) is 0 Å². The maximum Gasteiger partial charge on any atom is 0.0410 e. The van der Waals surface area contributed by atoms with E-state index < -0.39 is 0 Å². The van der Waals surface area contributed by atoms with Crippen molar-refractivity contribution in [2.45, 2.75) is 13.0 Å². The Bertz CT molecular complexity index is 118. The van der Waals surface area contributed by atoms with Crippen LogP contribution >= 0.6 is 0 Å². The highest BCUT2D eigenvalue weighted by molar-refractivity contribution is 4.98. The van der Waals surface area contributed by atoms with E-state index in [2.05, 4.69) is 23.8 Å². The first kappa shape index (κ1) is 9.24. The smallest absolute Gasteiger partial charge is 0.0410 e. The van der Waals surface area contributed by atoms with Gasteiger partial charge in [0.15, 0.2) is 0 Å². The number of hydrogen-bond acceptors (Lipinski definition) is 2. The van der Waals surface area contributed by atoms with Crippen LogP contribution in [0.2, 0.25) is 0 Å². The standard InChI is InChI=1S/C8H16N2/c1-5-7(2)10-8(3)6-9-4/h5,7,9-10H,1,3,6H2,2,4H3. The third-order valence-corrected chi connectivity index (χ3v) is 1.18. The fraction of sp³-hybridized carbons (Fsp3) is 0.500. The second-order valence-corrected chi connectivity index (χ2v) is 2.30. The van der Waals surface area contributed by atoms with E-state index in [0.29, 0.717) is 6.04 Å². The summed E-state index contributed by atoms with van der Waals surface area (Å²) >= 11 is 0. The third-order valence-electron chi connectivity index (χ3n) is 1.18. The average molecular weight is 140 g/mol. The van der Waals surface area contributed by atoms with E-state index in [1.807, 2.05) is 20.0 Å². The normalized spacial score (nSPS) is 12.2. The molecule has 0 amide bonds. The first-order chi connectivity index (χ1) is 4.70. The van der Waals surface area contributed by atoms with Gasteiger partial charge in [-0.2, -0.15) is 0 Å². The largest absolute Gasteiger partial charge is 0.382 e. The molecule has 0 saturated carbocycles. The van der Waals surface area contributed by atoms with Gasteiger partial charge in [-0.1, -0.05) is 12.7 Å². The maximum atomic E-state index is 3.81. The Morgan fingerprint density at radius 3 is 2.70 bits per heavy atom. The molecule has 0 heterocycles. The fourth-order valence-electron chi connectivity index (χ4n) is 0.645. The van der Waals surface area contributed by atoms with Crippen molar-refractivity contribution in [3.05, 3.63) is 24.9 Å². The van der Waals surface area contributed by atoms with Crippen LogP contribution in [-0.2, 0) is 0 Å². The molecule has 58 valence electrons. The first-order valence-corrected chi connectivity index (χ1v) is 3.42. The molecular formula is C8H16N2. The number of likely N-dealkylation sites (N-methyl/N-ethyl adjacent to an activating group) is 1. The number of rotatable bonds is 5. The molecule has 0 rings (SSSR count). The lowest BCUT2D eigenvalue weighted by molar-refractivity contribution is 0.690. The van der Waals surface area contributed by atoms with Gasteiger partial charge in [0.1, 0.15) is 0 Å². The van der Waals surface area contributed by atoms with Crippen molar-refractivity contribution >= 4 is 0 Å². The van der Waals surface area contributed by atoms with Crippen molar-refractivity contribution in [2.24, 2.45) is 0 Å². The topological polar surface area (TPSA) is 24.1 Å². The third kappa shape index (κ3) is 4.15. The molecule has 0 aromatic carbocycles. The summed E-state index contributed by atoms with van der Waals surface area (Å²) in [5.74, 6) is 0. The molecule has 2 nitrogen and oxygen atoms in total. The van der Waals surface area contributed by atoms with E-state index in [1.165, 1.54) is 0 Å². The number of hydrogen-bond donors (Lipinski definition) is 2. The minimum Gasteiger partial charge on any atom is -0.382 e. The Morgan fingerprint density at radius 1 is 1.70 bits per heavy atom. The molecule has 0 aliphatic heterocycles. The molecule has 0 spiro atoms. The SMILES string of the molecule is C=CC(C)NC(=C)CNC. The summed E-state index contributed by atoms with van der Waals surface area (Å²) in [7, 11) is 1.89. The van der Waals surface area contributed by atoms with Gasteiger partial charge in [0.05, 0.1) is 0 Å². The summed E-state index contributed by atoms with van der Waals surface area (Å²) in [6.07, 6.45) is 1.85. The Hall–Kier alpha value is -0.760. The maximum absolute atomic E-state index is 3.81. The van der Waals surface area contributed by atoms with Gasteiger partial charge in [-0.25, -0.2) is 0 Å². The molecular weight excluding hydrogens is 124 g/mol. The van der Waals surface area contributed by atoms with E-state index in [4.69, 9.17) is 0 Å². The van der Waals surface area contributed by atoms with Gasteiger partial charge in [-0.05, 0) is 14.0 Å². The molecule has 0 aliphatic rings. The van der Waals surface area contributed by atoms with Crippen LogP contribution in [0.5, 0.6) is 0 Å². The van der Waals surface area contributed by atoms with Crippen LogP contribution in [-0.4, -0.2) is 19.6 Å². The van der Waals surface area contributed by atoms with Crippen LogP contribution < -0.4 is 10.6 Å². The van der Waals surface area contributed by atoms with Gasteiger partial charge < -0.3 is 10.6 Å². The second-order valence-electron chi connectivity index (χ2n) is 2.30. The highest BCUT2D eigenvalue weighted by atomic mass is 15.0. The van der Waals surface area contributed by atoms with E-state index in [1.54, 1.807) is 0 Å². The summed E-state index contributed by atoms with van der Waals surface area (Å²) in [5, 5.41) is 6.16. The first-order valence-electron chi connectivity index (χ1n) is 3.42. The lowest BCUT2D eigenvalue weighted by Crippen LogP contribution is -2.27. The predicted octanol–water partition coefficient (Wildman–Crippen LogP) is 0.884. The lowest BCUT2D eigenvalue weighted by Gasteiger charge is -2.12. The molecule has 10 heavy (non-hydrogen) atoms. The molecule has 0 radical (unpaired) electrons. The van der Waals surface area contributed by atoms with Crippen molar-refractivity contribution in [2.75, 3.05) is 13.6 Å². The van der Waals surface area contributed by atoms with Crippen molar-refractivity contribution in [3.63, 3.8) is 0 Å². The van der Waals surface area contributed by atoms with Crippen LogP contribution in [0.4, 0.5) is 0 Å². The zero-order valence-corrected chi connectivity index (χ0v) is 6.78. The minimum absolute atomic E-state index is 0.306. The van der Waals surface area contributed by atoms with Crippen molar-refractivity contribution in [1.82, 2.24) is 10.6 Å². The molecule has 0 aromatic heterocycles. The van der Waals surface area contributed by atoms with Gasteiger partial charge in [-0.15, -0.1) is 6.58 Å². The Kier molecular flexibility index (Phi) is 4.67. The highest BCUT2D eigenvalue weighted by Gasteiger charge is 1.94. The average Bonchev–Trinajstić information content (AvgIpc) is 1.88. The van der Waals surface area contributed by atoms with E-state index in [9.17, 15) is 0 Å². The summed E-state index contributed by atoms with van der Waals surface area (Å²) in [6.45, 7) is 10.3. The molecule has 2 heteroatoms. The Labute approximate surface area is 63.0 Å². The minimum atomic E-state index is 0.306. The number of nitrogens with one attached hydrogen (secondary N) is 2. The van der Waals surface area contributed by atoms with Crippen LogP contribution in [0.1, 0.15) is 6.92 Å². The molecule has 0 bridgehead atoms. The fourth-order valence-corrected chi connectivity index (χ4v) is 0.645. The summed E-state index contributed by atoms with van der Waals surface area (Å²) in [5.41, 5.74) is 0.995. The molecule has 1 unspecified atom stereocenters. The quantitative estimate of drug-likeness (QED) is 0.554. The Balaban J connectivity index is 3.46. The van der Waals surface area contributed by atoms with Gasteiger partial charge in [0, 0.05) is 18.3 Å². The zero-order chi connectivity index (χ0) is 7.98. The molecule has 0 aromatic rings. The van der Waals surface area contributed by atoms with Crippen LogP contribution in [0.15, 0.2) is 24.9 Å². The summed E-state index contributed by atoms with van der Waals surface area (Å²) in [4.78, 5) is 0. The van der Waals surface area contributed by atoms with Gasteiger partial charge >= 0.3 is 0 Å². The Morgan fingerprint density at radius 2 is 2.30 bits per heavy atom. The van der Waals surface area contributed by atoms with Crippen LogP contribution in [0.25, 0.3) is 0 Å². The van der Waals surface area contributed by atoms with Crippen molar-refractivity contribution in [3.8, 4) is 0 Å². The van der Waals surface area contributed by atoms with E-state index >= 15 is 0 Å². The van der Waals surface area contributed by atoms with Crippen LogP contribution in [0.3, 0.4) is 0 Å². The highest BCUT2D eigenvalue weighted by Crippen LogP contribution is 1.87. The lowest BCUT2D eigenvalue weighted by atomic mass is 10.3. The second kappa shape index (κ2) is 5.06. The van der Waals surface area contributed by atoms with Crippen molar-refractivity contribution in [1.29, 1.82) is 0 Å². The molecule has 0 aliphatic carbocycles. The van der Waals surface area contributed by atoms with E-state index in [0.717, 1.165) is 12.2 Å². The predicted molar refractivity (Wildman–Crippen MR) is 45.9 cm³/mol. The summed E-state index contributed by atoms with van der Waals surface area (Å²) < 4.78 is 0. The van der Waals surface area contributed by atoms with E-state index in [-0.39, 0.29) is 0 Å². The van der Waals surface area contributed by atoms with Gasteiger partial charge in [0.25, 0.3) is 0 Å². The monoisotopic (exact) mass is 140 g/mol. The molecule has 0 fully saturated rings.